The highest BCUT2D eigenvalue weighted by Gasteiger charge is 2.27. The van der Waals surface area contributed by atoms with Crippen molar-refractivity contribution in [2.24, 2.45) is 0 Å². The molecule has 3 heterocycles. The maximum absolute atomic E-state index is 14.2. The van der Waals surface area contributed by atoms with E-state index in [-0.39, 0.29) is 9.92 Å². The van der Waals surface area contributed by atoms with E-state index < -0.39 is 15.8 Å². The molecular weight excluding hydrogens is 351 g/mol. The molecule has 1 aliphatic rings. The van der Waals surface area contributed by atoms with Gasteiger partial charge in [-0.25, -0.2) is 27.8 Å². The maximum atomic E-state index is 14.2. The van der Waals surface area contributed by atoms with Gasteiger partial charge < -0.3 is 0 Å². The van der Waals surface area contributed by atoms with Crippen molar-refractivity contribution in [3.05, 3.63) is 36.2 Å². The van der Waals surface area contributed by atoms with Gasteiger partial charge in [0.15, 0.2) is 5.82 Å². The molecule has 0 radical (unpaired) electrons. The van der Waals surface area contributed by atoms with Crippen LogP contribution < -0.4 is 0 Å². The highest BCUT2D eigenvalue weighted by Crippen LogP contribution is 2.28. The predicted octanol–water partition coefficient (Wildman–Crippen LogP) is 2.51. The Morgan fingerprint density at radius 2 is 1.96 bits per heavy atom. The van der Waals surface area contributed by atoms with Crippen molar-refractivity contribution in [1.29, 1.82) is 0 Å². The van der Waals surface area contributed by atoms with Crippen molar-refractivity contribution in [2.75, 3.05) is 13.1 Å². The molecule has 0 atom stereocenters. The van der Waals surface area contributed by atoms with Crippen molar-refractivity contribution in [3.8, 4) is 0 Å². The zero-order valence-corrected chi connectivity index (χ0v) is 14.8. The molecule has 0 amide bonds. The Labute approximate surface area is 144 Å². The summed E-state index contributed by atoms with van der Waals surface area (Å²) in [6.07, 6.45) is 4.87. The Hall–Kier alpha value is -1.58. The van der Waals surface area contributed by atoms with Gasteiger partial charge in [-0.2, -0.15) is 4.31 Å². The topological polar surface area (TPSA) is 76.1 Å². The summed E-state index contributed by atoms with van der Waals surface area (Å²) in [5.41, 5.74) is 0.348. The summed E-state index contributed by atoms with van der Waals surface area (Å²) >= 11 is 1.05. The first-order valence-electron chi connectivity index (χ1n) is 7.66. The zero-order valence-electron chi connectivity index (χ0n) is 13.1. The second-order valence-electron chi connectivity index (χ2n) is 5.34. The molecule has 0 saturated carbocycles. The van der Waals surface area contributed by atoms with E-state index in [1.807, 2.05) is 6.92 Å². The van der Waals surface area contributed by atoms with Crippen LogP contribution in [0.15, 0.2) is 39.6 Å². The van der Waals surface area contributed by atoms with Gasteiger partial charge in [-0.05, 0) is 43.2 Å². The first-order chi connectivity index (χ1) is 11.5. The minimum atomic E-state index is -3.49. The number of rotatable bonds is 5. The van der Waals surface area contributed by atoms with Gasteiger partial charge in [0, 0.05) is 19.3 Å². The van der Waals surface area contributed by atoms with E-state index in [2.05, 4.69) is 15.0 Å². The Morgan fingerprint density at radius 1 is 1.21 bits per heavy atom. The summed E-state index contributed by atoms with van der Waals surface area (Å²) in [7, 11) is -3.49. The van der Waals surface area contributed by atoms with Crippen LogP contribution in [0.2, 0.25) is 0 Å². The summed E-state index contributed by atoms with van der Waals surface area (Å²) in [4.78, 5) is 12.1. The number of sulfonamides is 1. The van der Waals surface area contributed by atoms with Crippen LogP contribution in [0.25, 0.3) is 0 Å². The van der Waals surface area contributed by atoms with Gasteiger partial charge in [-0.15, -0.1) is 0 Å². The number of aryl methyl sites for hydroxylation is 1. The zero-order chi connectivity index (χ0) is 17.2. The third-order valence-electron chi connectivity index (χ3n) is 3.78. The van der Waals surface area contributed by atoms with Crippen LogP contribution >= 0.6 is 11.8 Å². The standard InChI is InChI=1S/C15H17FN4O2S2/c1-2-12-14(16)15(19-10-18-12)23-13-6-5-11(9-17-13)24(21,22)20-7-3-4-8-20/h5-6,9-10H,2-4,7-8H2,1H3. The van der Waals surface area contributed by atoms with Crippen LogP contribution in [0, 0.1) is 5.82 Å². The van der Waals surface area contributed by atoms with E-state index in [9.17, 15) is 12.8 Å². The van der Waals surface area contributed by atoms with Crippen LogP contribution in [0.4, 0.5) is 4.39 Å². The van der Waals surface area contributed by atoms with Gasteiger partial charge in [0.1, 0.15) is 21.3 Å². The highest BCUT2D eigenvalue weighted by molar-refractivity contribution is 7.99. The number of halogens is 1. The molecule has 1 fully saturated rings. The van der Waals surface area contributed by atoms with E-state index in [0.29, 0.717) is 30.2 Å². The summed E-state index contributed by atoms with van der Waals surface area (Å²) < 4.78 is 40.5. The first-order valence-corrected chi connectivity index (χ1v) is 9.91. The Balaban J connectivity index is 1.80. The van der Waals surface area contributed by atoms with Gasteiger partial charge in [-0.1, -0.05) is 6.92 Å². The lowest BCUT2D eigenvalue weighted by molar-refractivity contribution is 0.477. The minimum absolute atomic E-state index is 0.158. The molecule has 2 aromatic heterocycles. The molecule has 6 nitrogen and oxygen atoms in total. The number of pyridine rings is 1. The molecule has 0 aromatic carbocycles. The van der Waals surface area contributed by atoms with Crippen LogP contribution in [0.5, 0.6) is 0 Å². The molecule has 9 heteroatoms. The fourth-order valence-corrected chi connectivity index (χ4v) is 4.67. The Morgan fingerprint density at radius 3 is 2.58 bits per heavy atom. The molecule has 0 aliphatic carbocycles. The maximum Gasteiger partial charge on any atom is 0.244 e. The van der Waals surface area contributed by atoms with Gasteiger partial charge in [0.2, 0.25) is 10.0 Å². The molecular formula is C15H17FN4O2S2. The molecule has 0 spiro atoms. The third-order valence-corrected chi connectivity index (χ3v) is 6.59. The third kappa shape index (κ3) is 3.42. The van der Waals surface area contributed by atoms with Crippen LogP contribution in [0.3, 0.4) is 0 Å². The average molecular weight is 368 g/mol. The van der Waals surface area contributed by atoms with Crippen molar-refractivity contribution in [3.63, 3.8) is 0 Å². The van der Waals surface area contributed by atoms with E-state index in [4.69, 9.17) is 0 Å². The lowest BCUT2D eigenvalue weighted by Crippen LogP contribution is -2.27. The van der Waals surface area contributed by atoms with Crippen molar-refractivity contribution >= 4 is 21.8 Å². The summed E-state index contributed by atoms with van der Waals surface area (Å²) in [6, 6.07) is 3.07. The fraction of sp³-hybridized carbons (Fsp3) is 0.400. The van der Waals surface area contributed by atoms with Gasteiger partial charge in [0.05, 0.1) is 5.69 Å². The highest BCUT2D eigenvalue weighted by atomic mass is 32.2. The smallest absolute Gasteiger partial charge is 0.244 e. The minimum Gasteiger partial charge on any atom is -0.248 e. The lowest BCUT2D eigenvalue weighted by atomic mass is 10.3. The largest absolute Gasteiger partial charge is 0.248 e. The molecule has 1 saturated heterocycles. The second-order valence-corrected chi connectivity index (χ2v) is 8.29. The fourth-order valence-electron chi connectivity index (χ4n) is 2.46. The van der Waals surface area contributed by atoms with Gasteiger partial charge in [-0.3, -0.25) is 0 Å². The number of hydrogen-bond donors (Lipinski definition) is 0. The number of hydrogen-bond acceptors (Lipinski definition) is 6. The summed E-state index contributed by atoms with van der Waals surface area (Å²) in [5.74, 6) is -0.458. The first kappa shape index (κ1) is 17.2. The predicted molar refractivity (Wildman–Crippen MR) is 87.7 cm³/mol. The SMILES string of the molecule is CCc1ncnc(Sc2ccc(S(=O)(=O)N3CCCC3)cn2)c1F. The lowest BCUT2D eigenvalue weighted by Gasteiger charge is -2.15. The van der Waals surface area contributed by atoms with Crippen LogP contribution in [0.1, 0.15) is 25.5 Å². The molecule has 3 rings (SSSR count). The number of aromatic nitrogens is 3. The molecule has 2 aromatic rings. The normalized spacial score (nSPS) is 15.8. The second kappa shape index (κ2) is 7.12. The summed E-state index contributed by atoms with van der Waals surface area (Å²) in [5, 5.41) is 0.666. The monoisotopic (exact) mass is 368 g/mol. The molecule has 1 aliphatic heterocycles. The number of nitrogens with zero attached hydrogens (tertiary/aromatic N) is 4. The average Bonchev–Trinajstić information content (AvgIpc) is 3.13. The Kier molecular flexibility index (Phi) is 5.12. The van der Waals surface area contributed by atoms with E-state index in [0.717, 1.165) is 24.6 Å². The summed E-state index contributed by atoms with van der Waals surface area (Å²) in [6.45, 7) is 2.91. The van der Waals surface area contributed by atoms with Crippen LogP contribution in [-0.2, 0) is 16.4 Å². The molecule has 24 heavy (non-hydrogen) atoms. The molecule has 0 unspecified atom stereocenters. The quantitative estimate of drug-likeness (QED) is 0.755. The van der Waals surface area contributed by atoms with E-state index in [1.54, 1.807) is 6.07 Å². The molecule has 0 N–H and O–H groups in total. The van der Waals surface area contributed by atoms with Crippen LogP contribution in [-0.4, -0.2) is 40.8 Å². The molecule has 128 valence electrons. The van der Waals surface area contributed by atoms with Gasteiger partial charge in [0.25, 0.3) is 0 Å². The van der Waals surface area contributed by atoms with Crippen molar-refractivity contribution in [1.82, 2.24) is 19.3 Å². The molecule has 0 bridgehead atoms. The Bertz CT molecular complexity index is 822. The van der Waals surface area contributed by atoms with E-state index in [1.165, 1.54) is 22.9 Å². The van der Waals surface area contributed by atoms with Gasteiger partial charge >= 0.3 is 0 Å². The van der Waals surface area contributed by atoms with E-state index >= 15 is 0 Å². The van der Waals surface area contributed by atoms with Crippen molar-refractivity contribution < 1.29 is 12.8 Å². The van der Waals surface area contributed by atoms with Crippen molar-refractivity contribution in [2.45, 2.75) is 41.1 Å².